The molecule has 0 unspecified atom stereocenters. The molecule has 0 bridgehead atoms. The Morgan fingerprint density at radius 2 is 2.00 bits per heavy atom. The first kappa shape index (κ1) is 12.4. The van der Waals surface area contributed by atoms with Crippen LogP contribution in [0.15, 0.2) is 0 Å². The minimum absolute atomic E-state index is 0.0468. The Morgan fingerprint density at radius 1 is 1.35 bits per heavy atom. The average Bonchev–Trinajstić information content (AvgIpc) is 2.73. The number of aromatic nitrogens is 2. The Hall–Kier alpha value is -1.08. The number of rotatable bonds is 2. The topological polar surface area (TPSA) is 58.1 Å². The Labute approximate surface area is 95.8 Å². The summed E-state index contributed by atoms with van der Waals surface area (Å²) in [6.45, 7) is 0.393. The molecule has 1 aliphatic rings. The quantitative estimate of drug-likeness (QED) is 0.841. The van der Waals surface area contributed by atoms with Crippen molar-refractivity contribution in [1.82, 2.24) is 10.2 Å². The summed E-state index contributed by atoms with van der Waals surface area (Å²) in [4.78, 5) is 0. The van der Waals surface area contributed by atoms with Gasteiger partial charge in [0.1, 0.15) is 0 Å². The van der Waals surface area contributed by atoms with E-state index in [1.54, 1.807) is 0 Å². The van der Waals surface area contributed by atoms with Crippen LogP contribution >= 0.6 is 0 Å². The molecule has 1 aromatic heterocycles. The fourth-order valence-electron chi connectivity index (χ4n) is 2.10. The minimum Gasteiger partial charge on any atom is -0.392 e. The van der Waals surface area contributed by atoms with Crippen molar-refractivity contribution >= 4 is 0 Å². The van der Waals surface area contributed by atoms with Gasteiger partial charge in [0.15, 0.2) is 5.69 Å². The molecule has 0 atom stereocenters. The van der Waals surface area contributed by atoms with Crippen molar-refractivity contribution < 1.29 is 23.0 Å². The maximum absolute atomic E-state index is 12.6. The van der Waals surface area contributed by atoms with Crippen molar-refractivity contribution in [3.63, 3.8) is 0 Å². The highest BCUT2D eigenvalue weighted by Gasteiger charge is 2.38. The van der Waals surface area contributed by atoms with Gasteiger partial charge in [-0.1, -0.05) is 0 Å². The van der Waals surface area contributed by atoms with Gasteiger partial charge in [0, 0.05) is 30.4 Å². The first-order chi connectivity index (χ1) is 8.04. The predicted molar refractivity (Wildman–Crippen MR) is 52.3 cm³/mol. The summed E-state index contributed by atoms with van der Waals surface area (Å²) in [5.74, 6) is -0.0468. The minimum atomic E-state index is -4.53. The van der Waals surface area contributed by atoms with Crippen LogP contribution < -0.4 is 0 Å². The Balaban J connectivity index is 2.31. The number of alkyl halides is 3. The highest BCUT2D eigenvalue weighted by Crippen LogP contribution is 2.36. The molecule has 2 N–H and O–H groups in total. The lowest BCUT2D eigenvalue weighted by Crippen LogP contribution is -2.16. The molecule has 1 fully saturated rings. The first-order valence-electron chi connectivity index (χ1n) is 5.37. The lowest BCUT2D eigenvalue weighted by molar-refractivity contribution is -0.142. The second-order valence-electron chi connectivity index (χ2n) is 4.01. The Morgan fingerprint density at radius 3 is 2.53 bits per heavy atom. The van der Waals surface area contributed by atoms with Crippen molar-refractivity contribution in [2.75, 3.05) is 13.2 Å². The number of H-pyrrole nitrogens is 1. The van der Waals surface area contributed by atoms with Gasteiger partial charge >= 0.3 is 6.18 Å². The number of hydrogen-bond donors (Lipinski definition) is 2. The number of nitrogens with zero attached hydrogens (tertiary/aromatic N) is 1. The standard InChI is InChI=1S/C10H13F3N2O2/c11-10(12,13)9-7(5-16)8(14-15-9)6-1-3-17-4-2-6/h6,16H,1-5H2,(H,14,15). The van der Waals surface area contributed by atoms with Crippen molar-refractivity contribution in [2.24, 2.45) is 0 Å². The fraction of sp³-hybridized carbons (Fsp3) is 0.700. The van der Waals surface area contributed by atoms with Gasteiger partial charge in [0.2, 0.25) is 0 Å². The molecule has 0 amide bonds. The van der Waals surface area contributed by atoms with E-state index in [1.807, 2.05) is 0 Å². The van der Waals surface area contributed by atoms with Crippen LogP contribution in [-0.2, 0) is 17.5 Å². The largest absolute Gasteiger partial charge is 0.435 e. The van der Waals surface area contributed by atoms with E-state index in [-0.39, 0.29) is 11.5 Å². The van der Waals surface area contributed by atoms with Crippen LogP contribution in [0.4, 0.5) is 13.2 Å². The third-order valence-electron chi connectivity index (χ3n) is 2.96. The number of ether oxygens (including phenoxy) is 1. The normalized spacial score (nSPS) is 18.6. The predicted octanol–water partition coefficient (Wildman–Crippen LogP) is 1.81. The third-order valence-corrected chi connectivity index (χ3v) is 2.96. The van der Waals surface area contributed by atoms with E-state index in [4.69, 9.17) is 9.84 Å². The maximum atomic E-state index is 12.6. The van der Waals surface area contributed by atoms with Crippen molar-refractivity contribution in [2.45, 2.75) is 31.5 Å². The second-order valence-corrected chi connectivity index (χ2v) is 4.01. The fourth-order valence-corrected chi connectivity index (χ4v) is 2.10. The molecule has 0 aliphatic carbocycles. The van der Waals surface area contributed by atoms with Gasteiger partial charge in [0.05, 0.1) is 6.61 Å². The number of halogens is 3. The Kier molecular flexibility index (Phi) is 3.39. The van der Waals surface area contributed by atoms with Crippen LogP contribution in [0.25, 0.3) is 0 Å². The zero-order valence-corrected chi connectivity index (χ0v) is 9.05. The number of nitrogens with one attached hydrogen (secondary N) is 1. The summed E-state index contributed by atoms with van der Waals surface area (Å²) in [5.41, 5.74) is -0.756. The molecule has 1 saturated heterocycles. The number of aliphatic hydroxyl groups is 1. The molecule has 1 aliphatic heterocycles. The van der Waals surface area contributed by atoms with Gasteiger partial charge in [-0.25, -0.2) is 0 Å². The summed E-state index contributed by atoms with van der Waals surface area (Å²) >= 11 is 0. The lowest BCUT2D eigenvalue weighted by atomic mass is 9.93. The molecule has 0 saturated carbocycles. The molecular weight excluding hydrogens is 237 g/mol. The Bertz CT molecular complexity index is 383. The summed E-state index contributed by atoms with van der Waals surface area (Å²) in [6.07, 6.45) is -3.24. The zero-order chi connectivity index (χ0) is 12.5. The van der Waals surface area contributed by atoms with E-state index in [9.17, 15) is 13.2 Å². The monoisotopic (exact) mass is 250 g/mol. The van der Waals surface area contributed by atoms with Gasteiger partial charge in [0.25, 0.3) is 0 Å². The smallest absolute Gasteiger partial charge is 0.392 e. The molecule has 2 heterocycles. The number of hydrogen-bond acceptors (Lipinski definition) is 3. The van der Waals surface area contributed by atoms with Gasteiger partial charge in [-0.3, -0.25) is 5.10 Å². The second kappa shape index (κ2) is 4.66. The van der Waals surface area contributed by atoms with Crippen LogP contribution in [0, 0.1) is 0 Å². The maximum Gasteiger partial charge on any atom is 0.435 e. The van der Waals surface area contributed by atoms with E-state index >= 15 is 0 Å². The average molecular weight is 250 g/mol. The molecule has 7 heteroatoms. The van der Waals surface area contributed by atoms with Crippen molar-refractivity contribution in [3.05, 3.63) is 17.0 Å². The van der Waals surface area contributed by atoms with Gasteiger partial charge in [-0.15, -0.1) is 0 Å². The molecule has 1 aromatic rings. The molecule has 2 rings (SSSR count). The zero-order valence-electron chi connectivity index (χ0n) is 9.05. The van der Waals surface area contributed by atoms with Crippen LogP contribution in [0.3, 0.4) is 0 Å². The first-order valence-corrected chi connectivity index (χ1v) is 5.37. The summed E-state index contributed by atoms with van der Waals surface area (Å²) in [6, 6.07) is 0. The highest BCUT2D eigenvalue weighted by molar-refractivity contribution is 5.29. The van der Waals surface area contributed by atoms with E-state index in [1.165, 1.54) is 0 Å². The molecule has 0 aromatic carbocycles. The SMILES string of the molecule is OCc1c(C(F)(F)F)n[nH]c1C1CCOCC1. The third kappa shape index (κ3) is 2.44. The van der Waals surface area contributed by atoms with Crippen LogP contribution in [0.1, 0.15) is 35.7 Å². The van der Waals surface area contributed by atoms with Crippen molar-refractivity contribution in [3.8, 4) is 0 Å². The summed E-state index contributed by atoms with van der Waals surface area (Å²) in [5, 5.41) is 14.8. The summed E-state index contributed by atoms with van der Waals surface area (Å²) in [7, 11) is 0. The van der Waals surface area contributed by atoms with E-state index < -0.39 is 18.5 Å². The molecule has 0 radical (unpaired) electrons. The van der Waals surface area contributed by atoms with Gasteiger partial charge in [-0.2, -0.15) is 18.3 Å². The molecule has 96 valence electrons. The van der Waals surface area contributed by atoms with E-state index in [2.05, 4.69) is 10.2 Å². The molecule has 17 heavy (non-hydrogen) atoms. The highest BCUT2D eigenvalue weighted by atomic mass is 19.4. The van der Waals surface area contributed by atoms with Crippen LogP contribution in [0.2, 0.25) is 0 Å². The van der Waals surface area contributed by atoms with Crippen LogP contribution in [0.5, 0.6) is 0 Å². The van der Waals surface area contributed by atoms with E-state index in [0.717, 1.165) is 0 Å². The molecule has 0 spiro atoms. The van der Waals surface area contributed by atoms with Crippen LogP contribution in [-0.4, -0.2) is 28.5 Å². The number of aliphatic hydroxyl groups excluding tert-OH is 1. The molecular formula is C10H13F3N2O2. The van der Waals surface area contributed by atoms with Gasteiger partial charge < -0.3 is 9.84 Å². The van der Waals surface area contributed by atoms with Gasteiger partial charge in [-0.05, 0) is 12.8 Å². The summed E-state index contributed by atoms with van der Waals surface area (Å²) < 4.78 is 42.9. The molecule has 4 nitrogen and oxygen atoms in total. The van der Waals surface area contributed by atoms with E-state index in [0.29, 0.717) is 31.7 Å². The van der Waals surface area contributed by atoms with Crippen molar-refractivity contribution in [1.29, 1.82) is 0 Å². The number of aromatic amines is 1. The lowest BCUT2D eigenvalue weighted by Gasteiger charge is -2.21.